The van der Waals surface area contributed by atoms with Crippen LogP contribution in [0.25, 0.3) is 0 Å². The predicted molar refractivity (Wildman–Crippen MR) is 80.8 cm³/mol. The van der Waals surface area contributed by atoms with Crippen molar-refractivity contribution in [1.82, 2.24) is 10.5 Å². The minimum absolute atomic E-state index is 0.0437. The number of carbonyl (C=O) groups is 1. The number of hydrogen-bond donors (Lipinski definition) is 3. The van der Waals surface area contributed by atoms with Crippen molar-refractivity contribution in [2.45, 2.75) is 40.2 Å². The van der Waals surface area contributed by atoms with Gasteiger partial charge in [0.15, 0.2) is 5.76 Å². The van der Waals surface area contributed by atoms with Gasteiger partial charge < -0.3 is 24.7 Å². The van der Waals surface area contributed by atoms with Gasteiger partial charge in [-0.2, -0.15) is 0 Å². The fourth-order valence-corrected chi connectivity index (χ4v) is 2.33. The van der Waals surface area contributed by atoms with E-state index >= 15 is 0 Å². The van der Waals surface area contributed by atoms with E-state index in [-0.39, 0.29) is 6.54 Å². The van der Waals surface area contributed by atoms with Crippen LogP contribution in [0.3, 0.4) is 0 Å². The SMILES string of the molecule is Cc1cc(C(C)(O)CNC(=O)Nc2c(C)noc2C)c(C)o1. The summed E-state index contributed by atoms with van der Waals surface area (Å²) in [5, 5.41) is 19.6. The number of rotatable bonds is 4. The van der Waals surface area contributed by atoms with Crippen molar-refractivity contribution >= 4 is 11.7 Å². The molecule has 0 saturated carbocycles. The van der Waals surface area contributed by atoms with Crippen LogP contribution in [0.2, 0.25) is 0 Å². The molecular weight excluding hydrogens is 286 g/mol. The molecule has 3 N–H and O–H groups in total. The van der Waals surface area contributed by atoms with E-state index in [1.807, 2.05) is 6.92 Å². The Morgan fingerprint density at radius 3 is 2.50 bits per heavy atom. The second-order valence-corrected chi connectivity index (χ2v) is 5.61. The standard InChI is InChI=1S/C15H21N3O4/c1-8-6-12(10(3)21-8)15(5,20)7-16-14(19)17-13-9(2)18-22-11(13)4/h6,20H,7H2,1-5H3,(H2,16,17,19). The lowest BCUT2D eigenvalue weighted by molar-refractivity contribution is 0.0584. The minimum atomic E-state index is -1.22. The zero-order valence-electron chi connectivity index (χ0n) is 13.4. The Hall–Kier alpha value is -2.28. The Bertz CT molecular complexity index is 666. The van der Waals surface area contributed by atoms with Crippen LogP contribution in [0.5, 0.6) is 0 Å². The lowest BCUT2D eigenvalue weighted by Crippen LogP contribution is -2.40. The normalized spacial score (nSPS) is 13.7. The number of hydrogen-bond acceptors (Lipinski definition) is 5. The molecule has 0 radical (unpaired) electrons. The van der Waals surface area contributed by atoms with Gasteiger partial charge in [0.25, 0.3) is 0 Å². The van der Waals surface area contributed by atoms with Crippen molar-refractivity contribution in [3.63, 3.8) is 0 Å². The van der Waals surface area contributed by atoms with E-state index in [4.69, 9.17) is 8.94 Å². The first-order valence-corrected chi connectivity index (χ1v) is 6.98. The van der Waals surface area contributed by atoms with Crippen molar-refractivity contribution in [1.29, 1.82) is 0 Å². The average molecular weight is 307 g/mol. The number of amides is 2. The first-order chi connectivity index (χ1) is 10.2. The van der Waals surface area contributed by atoms with Gasteiger partial charge in [0.05, 0.1) is 6.54 Å². The van der Waals surface area contributed by atoms with Gasteiger partial charge in [-0.25, -0.2) is 4.79 Å². The van der Waals surface area contributed by atoms with E-state index in [0.717, 1.165) is 0 Å². The smallest absolute Gasteiger partial charge is 0.319 e. The van der Waals surface area contributed by atoms with Crippen LogP contribution in [-0.4, -0.2) is 22.8 Å². The van der Waals surface area contributed by atoms with Crippen molar-refractivity contribution in [2.24, 2.45) is 0 Å². The number of aliphatic hydroxyl groups is 1. The van der Waals surface area contributed by atoms with Gasteiger partial charge >= 0.3 is 6.03 Å². The highest BCUT2D eigenvalue weighted by atomic mass is 16.5. The maximum Gasteiger partial charge on any atom is 0.319 e. The second kappa shape index (κ2) is 5.84. The highest BCUT2D eigenvalue weighted by Gasteiger charge is 2.28. The van der Waals surface area contributed by atoms with Crippen LogP contribution >= 0.6 is 0 Å². The summed E-state index contributed by atoms with van der Waals surface area (Å²) in [6.07, 6.45) is 0. The maximum atomic E-state index is 12.0. The number of carbonyl (C=O) groups excluding carboxylic acids is 1. The number of anilines is 1. The van der Waals surface area contributed by atoms with Crippen LogP contribution in [0.1, 0.15) is 35.5 Å². The molecule has 120 valence electrons. The molecule has 2 heterocycles. The Morgan fingerprint density at radius 1 is 1.32 bits per heavy atom. The topological polar surface area (TPSA) is 101 Å². The summed E-state index contributed by atoms with van der Waals surface area (Å²) >= 11 is 0. The van der Waals surface area contributed by atoms with Gasteiger partial charge in [0.1, 0.15) is 28.5 Å². The number of nitrogens with one attached hydrogen (secondary N) is 2. The zero-order valence-corrected chi connectivity index (χ0v) is 13.4. The number of furan rings is 1. The molecular formula is C15H21N3O4. The Kier molecular flexibility index (Phi) is 4.27. The van der Waals surface area contributed by atoms with E-state index in [2.05, 4.69) is 15.8 Å². The van der Waals surface area contributed by atoms with Crippen molar-refractivity contribution in [2.75, 3.05) is 11.9 Å². The number of nitrogens with zero attached hydrogens (tertiary/aromatic N) is 1. The third-order valence-electron chi connectivity index (χ3n) is 3.49. The molecule has 22 heavy (non-hydrogen) atoms. The van der Waals surface area contributed by atoms with E-state index < -0.39 is 11.6 Å². The van der Waals surface area contributed by atoms with Crippen LogP contribution in [-0.2, 0) is 5.60 Å². The third-order valence-corrected chi connectivity index (χ3v) is 3.49. The summed E-state index contributed by atoms with van der Waals surface area (Å²) in [4.78, 5) is 12.0. The first kappa shape index (κ1) is 16.1. The van der Waals surface area contributed by atoms with E-state index in [1.54, 1.807) is 33.8 Å². The summed E-state index contributed by atoms with van der Waals surface area (Å²) in [6.45, 7) is 8.71. The third kappa shape index (κ3) is 3.30. The summed E-state index contributed by atoms with van der Waals surface area (Å²) in [5.74, 6) is 1.88. The van der Waals surface area contributed by atoms with E-state index in [1.165, 1.54) is 0 Å². The monoisotopic (exact) mass is 307 g/mol. The molecule has 1 unspecified atom stereocenters. The molecule has 0 spiro atoms. The molecule has 0 aliphatic carbocycles. The van der Waals surface area contributed by atoms with Gasteiger partial charge in [-0.15, -0.1) is 0 Å². The van der Waals surface area contributed by atoms with Gasteiger partial charge in [-0.05, 0) is 40.7 Å². The molecule has 2 aromatic heterocycles. The van der Waals surface area contributed by atoms with E-state index in [0.29, 0.717) is 34.2 Å². The molecule has 7 nitrogen and oxygen atoms in total. The molecule has 2 aromatic rings. The summed E-state index contributed by atoms with van der Waals surface area (Å²) in [5.41, 5.74) is 0.564. The molecule has 2 amide bonds. The Labute approximate surface area is 128 Å². The van der Waals surface area contributed by atoms with Gasteiger partial charge in [-0.3, -0.25) is 0 Å². The summed E-state index contributed by atoms with van der Waals surface area (Å²) in [7, 11) is 0. The summed E-state index contributed by atoms with van der Waals surface area (Å²) in [6, 6.07) is 1.33. The van der Waals surface area contributed by atoms with Gasteiger partial charge in [0.2, 0.25) is 0 Å². The number of urea groups is 1. The van der Waals surface area contributed by atoms with Gasteiger partial charge in [0, 0.05) is 5.56 Å². The fourth-order valence-electron chi connectivity index (χ4n) is 2.33. The van der Waals surface area contributed by atoms with Crippen LogP contribution in [0.15, 0.2) is 15.0 Å². The quantitative estimate of drug-likeness (QED) is 0.806. The molecule has 0 aromatic carbocycles. The molecule has 0 fully saturated rings. The Morgan fingerprint density at radius 2 is 2.00 bits per heavy atom. The fraction of sp³-hybridized carbons (Fsp3) is 0.467. The summed E-state index contributed by atoms with van der Waals surface area (Å²) < 4.78 is 10.4. The molecule has 0 aliphatic rings. The number of aryl methyl sites for hydroxylation is 4. The molecule has 0 saturated heterocycles. The lowest BCUT2D eigenvalue weighted by Gasteiger charge is -2.23. The molecule has 7 heteroatoms. The predicted octanol–water partition coefficient (Wildman–Crippen LogP) is 2.53. The molecule has 1 atom stereocenters. The molecule has 0 bridgehead atoms. The van der Waals surface area contributed by atoms with E-state index in [9.17, 15) is 9.90 Å². The van der Waals surface area contributed by atoms with Crippen LogP contribution in [0, 0.1) is 27.7 Å². The molecule has 0 aliphatic heterocycles. The van der Waals surface area contributed by atoms with Gasteiger partial charge in [-0.1, -0.05) is 5.16 Å². The highest BCUT2D eigenvalue weighted by molar-refractivity contribution is 5.90. The lowest BCUT2D eigenvalue weighted by atomic mass is 9.96. The number of aromatic nitrogens is 1. The van der Waals surface area contributed by atoms with Crippen LogP contribution < -0.4 is 10.6 Å². The Balaban J connectivity index is 2.00. The second-order valence-electron chi connectivity index (χ2n) is 5.61. The first-order valence-electron chi connectivity index (χ1n) is 6.98. The largest absolute Gasteiger partial charge is 0.466 e. The maximum absolute atomic E-state index is 12.0. The highest BCUT2D eigenvalue weighted by Crippen LogP contribution is 2.26. The van der Waals surface area contributed by atoms with Crippen molar-refractivity contribution < 1.29 is 18.8 Å². The zero-order chi connectivity index (χ0) is 16.5. The van der Waals surface area contributed by atoms with Crippen molar-refractivity contribution in [3.8, 4) is 0 Å². The van der Waals surface area contributed by atoms with Crippen molar-refractivity contribution in [3.05, 3.63) is 34.6 Å². The minimum Gasteiger partial charge on any atom is -0.466 e. The molecule has 2 rings (SSSR count). The van der Waals surface area contributed by atoms with Crippen LogP contribution in [0.4, 0.5) is 10.5 Å². The average Bonchev–Trinajstić information content (AvgIpc) is 2.93.